The highest BCUT2D eigenvalue weighted by Gasteiger charge is 2.50. The van der Waals surface area contributed by atoms with Gasteiger partial charge in [0.1, 0.15) is 12.1 Å². The topological polar surface area (TPSA) is 89.1 Å². The van der Waals surface area contributed by atoms with E-state index < -0.39 is 16.6 Å². The lowest BCUT2D eigenvalue weighted by Crippen LogP contribution is -2.51. The fraction of sp³-hybridized carbons (Fsp3) is 0.700. The summed E-state index contributed by atoms with van der Waals surface area (Å²) in [5.41, 5.74) is 2.63. The molecule has 2 aromatic rings. The molecule has 3 rings (SSSR count). The molecule has 0 amide bonds. The summed E-state index contributed by atoms with van der Waals surface area (Å²) in [6.45, 7) is 26.3. The van der Waals surface area contributed by atoms with Gasteiger partial charge in [0.25, 0.3) is 0 Å². The van der Waals surface area contributed by atoms with E-state index >= 15 is 0 Å². The number of nitrogens with zero attached hydrogens (tertiary/aromatic N) is 2. The molecular weight excluding hydrogens is 521 g/mol. The second-order valence-corrected chi connectivity index (χ2v) is 24.0. The van der Waals surface area contributed by atoms with E-state index in [-0.39, 0.29) is 28.9 Å². The minimum atomic E-state index is -2.09. The Morgan fingerprint density at radius 1 is 1.10 bits per heavy atom. The molecule has 1 aliphatic carbocycles. The molecule has 0 unspecified atom stereocenters. The standard InChI is InChI=1S/C30H52N4O3Si2/c1-20(2)39(21(3)4,22(5)6)37-27-15-25(14-24(27)18-36-38(10,11)30(7,8)9)34-29-26(17-32-19-33-29)28(35)23-12-13-31-16-23/h12-13,16-17,19-22,24-25,27,31H,14-15,18H2,1-11H3,(H,32,33,34)/t24-,25-,27+/m1/s1. The Labute approximate surface area is 238 Å². The number of nitrogens with one attached hydrogen (secondary N) is 2. The Bertz CT molecular complexity index is 1060. The van der Waals surface area contributed by atoms with Gasteiger partial charge in [-0.05, 0) is 53.7 Å². The molecule has 0 aliphatic heterocycles. The molecule has 1 fully saturated rings. The fourth-order valence-corrected chi connectivity index (χ4v) is 12.8. The van der Waals surface area contributed by atoms with E-state index in [0.29, 0.717) is 40.2 Å². The number of hydrogen-bond acceptors (Lipinski definition) is 6. The number of aromatic amines is 1. The quantitative estimate of drug-likeness (QED) is 0.199. The smallest absolute Gasteiger partial charge is 0.200 e. The minimum Gasteiger partial charge on any atom is -0.416 e. The van der Waals surface area contributed by atoms with E-state index in [1.807, 2.05) is 0 Å². The van der Waals surface area contributed by atoms with Crippen LogP contribution in [0.25, 0.3) is 0 Å². The van der Waals surface area contributed by atoms with E-state index in [9.17, 15) is 4.79 Å². The van der Waals surface area contributed by atoms with Gasteiger partial charge in [0.15, 0.2) is 14.1 Å². The van der Waals surface area contributed by atoms with Crippen LogP contribution in [0.3, 0.4) is 0 Å². The number of anilines is 1. The van der Waals surface area contributed by atoms with Crippen LogP contribution in [0.1, 0.15) is 91.1 Å². The monoisotopic (exact) mass is 572 g/mol. The molecule has 2 heterocycles. The average molecular weight is 573 g/mol. The first-order chi connectivity index (χ1) is 18.1. The Morgan fingerprint density at radius 3 is 2.28 bits per heavy atom. The summed E-state index contributed by atoms with van der Waals surface area (Å²) in [5.74, 6) is 0.783. The van der Waals surface area contributed by atoms with Crippen LogP contribution in [0.2, 0.25) is 34.8 Å². The molecule has 9 heteroatoms. The number of aromatic nitrogens is 3. The highest BCUT2D eigenvalue weighted by molar-refractivity contribution is 6.77. The molecule has 0 aromatic carbocycles. The van der Waals surface area contributed by atoms with Gasteiger partial charge in [-0.3, -0.25) is 4.79 Å². The van der Waals surface area contributed by atoms with Crippen molar-refractivity contribution in [2.24, 2.45) is 5.92 Å². The first kappa shape index (κ1) is 31.7. The van der Waals surface area contributed by atoms with Gasteiger partial charge < -0.3 is 19.2 Å². The molecule has 218 valence electrons. The summed E-state index contributed by atoms with van der Waals surface area (Å²) in [6, 6.07) is 1.91. The summed E-state index contributed by atoms with van der Waals surface area (Å²) in [4.78, 5) is 24.8. The molecule has 2 aromatic heterocycles. The molecule has 3 atom stereocenters. The van der Waals surface area contributed by atoms with Crippen LogP contribution in [0.4, 0.5) is 5.82 Å². The van der Waals surface area contributed by atoms with Gasteiger partial charge in [0, 0.05) is 42.7 Å². The number of carbonyl (C=O) groups excluding carboxylic acids is 1. The summed E-state index contributed by atoms with van der Waals surface area (Å²) in [5, 5.41) is 3.78. The van der Waals surface area contributed by atoms with Crippen molar-refractivity contribution in [2.75, 3.05) is 11.9 Å². The van der Waals surface area contributed by atoms with Gasteiger partial charge >= 0.3 is 0 Å². The Kier molecular flexibility index (Phi) is 10.1. The maximum atomic E-state index is 13.2. The first-order valence-electron chi connectivity index (χ1n) is 14.7. The summed E-state index contributed by atoms with van der Waals surface area (Å²) >= 11 is 0. The van der Waals surface area contributed by atoms with Gasteiger partial charge in [-0.15, -0.1) is 0 Å². The number of ketones is 1. The van der Waals surface area contributed by atoms with Crippen molar-refractivity contribution in [1.82, 2.24) is 15.0 Å². The summed E-state index contributed by atoms with van der Waals surface area (Å²) < 4.78 is 14.2. The molecule has 7 nitrogen and oxygen atoms in total. The number of H-pyrrole nitrogens is 1. The van der Waals surface area contributed by atoms with Crippen LogP contribution >= 0.6 is 0 Å². The fourth-order valence-electron chi connectivity index (χ4n) is 6.15. The van der Waals surface area contributed by atoms with E-state index in [1.54, 1.807) is 24.7 Å². The lowest BCUT2D eigenvalue weighted by molar-refractivity contribution is 0.0971. The number of hydrogen-bond donors (Lipinski definition) is 2. The van der Waals surface area contributed by atoms with Crippen molar-refractivity contribution in [1.29, 1.82) is 0 Å². The van der Waals surface area contributed by atoms with Crippen LogP contribution < -0.4 is 5.32 Å². The molecule has 1 saturated carbocycles. The number of rotatable bonds is 12. The normalized spacial score (nSPS) is 20.8. The van der Waals surface area contributed by atoms with E-state index in [1.165, 1.54) is 6.33 Å². The summed E-state index contributed by atoms with van der Waals surface area (Å²) in [7, 11) is -4.00. The molecular formula is C30H52N4O3Si2. The molecule has 39 heavy (non-hydrogen) atoms. The van der Waals surface area contributed by atoms with Crippen molar-refractivity contribution in [3.63, 3.8) is 0 Å². The van der Waals surface area contributed by atoms with Gasteiger partial charge in [0.2, 0.25) is 8.32 Å². The molecule has 0 saturated heterocycles. The van der Waals surface area contributed by atoms with Gasteiger partial charge in [-0.25, -0.2) is 9.97 Å². The highest BCUT2D eigenvalue weighted by atomic mass is 28.4. The van der Waals surface area contributed by atoms with E-state index in [0.717, 1.165) is 12.8 Å². The second kappa shape index (κ2) is 12.4. The zero-order chi connectivity index (χ0) is 29.2. The third-order valence-electron chi connectivity index (χ3n) is 9.31. The third kappa shape index (κ3) is 6.92. The predicted molar refractivity (Wildman–Crippen MR) is 165 cm³/mol. The van der Waals surface area contributed by atoms with Crippen molar-refractivity contribution in [3.05, 3.63) is 42.1 Å². The molecule has 0 spiro atoms. The zero-order valence-corrected chi connectivity index (χ0v) is 28.1. The average Bonchev–Trinajstić information content (AvgIpc) is 3.50. The predicted octanol–water partition coefficient (Wildman–Crippen LogP) is 7.81. The maximum absolute atomic E-state index is 13.2. The first-order valence-corrected chi connectivity index (χ1v) is 19.7. The van der Waals surface area contributed by atoms with Crippen molar-refractivity contribution in [2.45, 2.75) is 122 Å². The van der Waals surface area contributed by atoms with Gasteiger partial charge in [-0.2, -0.15) is 0 Å². The van der Waals surface area contributed by atoms with E-state index in [2.05, 4.69) is 95.7 Å². The van der Waals surface area contributed by atoms with Crippen LogP contribution in [-0.4, -0.2) is 56.1 Å². The third-order valence-corrected chi connectivity index (χ3v) is 19.9. The molecule has 0 bridgehead atoms. The van der Waals surface area contributed by atoms with Crippen molar-refractivity contribution < 1.29 is 13.6 Å². The van der Waals surface area contributed by atoms with Crippen LogP contribution in [-0.2, 0) is 8.85 Å². The minimum absolute atomic E-state index is 0.0891. The lowest BCUT2D eigenvalue weighted by atomic mass is 10.1. The van der Waals surface area contributed by atoms with E-state index in [4.69, 9.17) is 8.85 Å². The van der Waals surface area contributed by atoms with Gasteiger partial charge in [-0.1, -0.05) is 62.3 Å². The lowest BCUT2D eigenvalue weighted by Gasteiger charge is -2.45. The van der Waals surface area contributed by atoms with Crippen LogP contribution in [0.15, 0.2) is 31.0 Å². The zero-order valence-electron chi connectivity index (χ0n) is 26.1. The van der Waals surface area contributed by atoms with Crippen molar-refractivity contribution in [3.8, 4) is 0 Å². The largest absolute Gasteiger partial charge is 0.416 e. The Balaban J connectivity index is 1.88. The molecule has 0 radical (unpaired) electrons. The summed E-state index contributed by atoms with van der Waals surface area (Å²) in [6.07, 6.45) is 8.47. The number of carbonyl (C=O) groups is 1. The SMILES string of the molecule is CC(C)[Si](O[C@H]1C[C@H](Nc2ncncc2C(=O)c2cc[nH]c2)C[C@@H]1CO[Si](C)(C)C(C)(C)C)(C(C)C)C(C)C. The Morgan fingerprint density at radius 2 is 1.74 bits per heavy atom. The Hall–Kier alpha value is -1.82. The van der Waals surface area contributed by atoms with Crippen molar-refractivity contribution >= 4 is 28.2 Å². The van der Waals surface area contributed by atoms with Crippen LogP contribution in [0.5, 0.6) is 0 Å². The highest BCUT2D eigenvalue weighted by Crippen LogP contribution is 2.46. The maximum Gasteiger partial charge on any atom is 0.200 e. The van der Waals surface area contributed by atoms with Crippen LogP contribution in [0, 0.1) is 5.92 Å². The molecule has 2 N–H and O–H groups in total. The second-order valence-electron chi connectivity index (χ2n) is 13.8. The van der Waals surface area contributed by atoms with Gasteiger partial charge in [0.05, 0.1) is 11.7 Å². The molecule has 1 aliphatic rings.